The summed E-state index contributed by atoms with van der Waals surface area (Å²) in [5.74, 6) is -0.959. The van der Waals surface area contributed by atoms with Crippen LogP contribution in [0.25, 0.3) is 45.0 Å². The highest BCUT2D eigenvalue weighted by molar-refractivity contribution is 5.83. The van der Waals surface area contributed by atoms with Crippen LogP contribution >= 0.6 is 0 Å². The molecule has 0 amide bonds. The van der Waals surface area contributed by atoms with Gasteiger partial charge in [0.2, 0.25) is 0 Å². The first-order valence-electron chi connectivity index (χ1n) is 9.40. The molecule has 0 unspecified atom stereocenters. The normalized spacial score (nSPS) is 11.3. The lowest BCUT2D eigenvalue weighted by molar-refractivity contribution is -0.192. The van der Waals surface area contributed by atoms with Gasteiger partial charge in [0.15, 0.2) is 11.4 Å². The first kappa shape index (κ1) is 21.8. The van der Waals surface area contributed by atoms with Crippen molar-refractivity contribution in [3.05, 3.63) is 60.9 Å². The topological polar surface area (TPSA) is 114 Å². The molecule has 0 spiro atoms. The monoisotopic (exact) mass is 456 g/mol. The van der Waals surface area contributed by atoms with Crippen LogP contribution < -0.4 is 4.74 Å². The summed E-state index contributed by atoms with van der Waals surface area (Å²) in [5.41, 5.74) is 5.24. The van der Waals surface area contributed by atoms with Crippen molar-refractivity contribution in [2.45, 2.75) is 6.18 Å². The quantitative estimate of drug-likeness (QED) is 0.389. The van der Waals surface area contributed by atoms with Crippen LogP contribution in [0, 0.1) is 0 Å². The van der Waals surface area contributed by atoms with E-state index in [0.29, 0.717) is 23.0 Å². The largest absolute Gasteiger partial charge is 0.495 e. The lowest BCUT2D eigenvalue weighted by Crippen LogP contribution is -2.21. The number of carboxylic acid groups (broad SMARTS) is 1. The average molecular weight is 456 g/mol. The highest BCUT2D eigenvalue weighted by atomic mass is 19.4. The smallest absolute Gasteiger partial charge is 0.490 e. The Morgan fingerprint density at radius 1 is 1.03 bits per heavy atom. The van der Waals surface area contributed by atoms with Crippen molar-refractivity contribution < 1.29 is 32.2 Å². The molecule has 0 radical (unpaired) electrons. The van der Waals surface area contributed by atoms with Crippen molar-refractivity contribution in [3.63, 3.8) is 0 Å². The summed E-state index contributed by atoms with van der Waals surface area (Å²) >= 11 is 0. The number of alkyl halides is 3. The molecule has 5 aromatic rings. The summed E-state index contributed by atoms with van der Waals surface area (Å²) in [7, 11) is 1.63. The third kappa shape index (κ3) is 4.76. The van der Waals surface area contributed by atoms with Crippen LogP contribution in [0.4, 0.5) is 13.2 Å². The maximum Gasteiger partial charge on any atom is 0.490 e. The molecular weight excluding hydrogens is 441 g/mol. The lowest BCUT2D eigenvalue weighted by atomic mass is 10.1. The zero-order valence-corrected chi connectivity index (χ0v) is 16.9. The summed E-state index contributed by atoms with van der Waals surface area (Å²) in [4.78, 5) is 25.4. The second-order valence-corrected chi connectivity index (χ2v) is 6.72. The minimum atomic E-state index is -5.08. The Morgan fingerprint density at radius 2 is 1.79 bits per heavy atom. The first-order valence-corrected chi connectivity index (χ1v) is 9.40. The van der Waals surface area contributed by atoms with Gasteiger partial charge in [0.05, 0.1) is 24.3 Å². The molecule has 11 heteroatoms. The number of aromatic amines is 1. The van der Waals surface area contributed by atoms with E-state index in [-0.39, 0.29) is 0 Å². The highest BCUT2D eigenvalue weighted by Gasteiger charge is 2.38. The molecular formula is C22H15F3N4O4. The molecule has 0 fully saturated rings. The molecule has 8 nitrogen and oxygen atoms in total. The number of hydrogen-bond acceptors (Lipinski definition) is 6. The van der Waals surface area contributed by atoms with Gasteiger partial charge in [-0.1, -0.05) is 18.2 Å². The fourth-order valence-corrected chi connectivity index (χ4v) is 2.95. The van der Waals surface area contributed by atoms with Crippen molar-refractivity contribution in [3.8, 4) is 28.6 Å². The maximum atomic E-state index is 10.6. The molecule has 0 aliphatic rings. The van der Waals surface area contributed by atoms with Gasteiger partial charge in [-0.25, -0.2) is 14.8 Å². The predicted molar refractivity (Wildman–Crippen MR) is 113 cm³/mol. The highest BCUT2D eigenvalue weighted by Crippen LogP contribution is 2.29. The van der Waals surface area contributed by atoms with Crippen LogP contribution in [0.1, 0.15) is 0 Å². The predicted octanol–water partition coefficient (Wildman–Crippen LogP) is 5.08. The number of hydrogen-bond donors (Lipinski definition) is 2. The fraction of sp³-hybridized carbons (Fsp3) is 0.0909. The minimum Gasteiger partial charge on any atom is -0.495 e. The molecule has 0 aliphatic heterocycles. The number of pyridine rings is 1. The Bertz CT molecular complexity index is 1410. The molecule has 0 bridgehead atoms. The number of imidazole rings is 1. The van der Waals surface area contributed by atoms with E-state index >= 15 is 0 Å². The Hall–Kier alpha value is -4.41. The number of carbonyl (C=O) groups is 1. The zero-order valence-electron chi connectivity index (χ0n) is 16.9. The number of nitrogens with one attached hydrogen (secondary N) is 1. The summed E-state index contributed by atoms with van der Waals surface area (Å²) < 4.78 is 42.9. The minimum absolute atomic E-state index is 0.470. The second kappa shape index (κ2) is 8.61. The standard InChI is InChI=1S/C20H14N4O2.C2HF3O2/c1-25-14-8-13(10-21-11-14)12-6-7-17-18(9-12)26-20(24-17)19-22-15-4-2-3-5-16(15)23-19;3-2(4,5)1(6)7/h2-11H,1H3,(H,22,23);(H,6,7). The van der Waals surface area contributed by atoms with Crippen molar-refractivity contribution in [1.82, 2.24) is 19.9 Å². The number of benzene rings is 2. The van der Waals surface area contributed by atoms with E-state index in [1.807, 2.05) is 48.5 Å². The number of oxazole rings is 1. The number of methoxy groups -OCH3 is 1. The van der Waals surface area contributed by atoms with E-state index in [0.717, 1.165) is 27.7 Å². The van der Waals surface area contributed by atoms with E-state index in [1.165, 1.54) is 0 Å². The molecule has 0 saturated carbocycles. The van der Waals surface area contributed by atoms with Crippen LogP contribution in [-0.4, -0.2) is 44.3 Å². The van der Waals surface area contributed by atoms with Crippen LogP contribution in [0.5, 0.6) is 5.75 Å². The molecule has 3 aromatic heterocycles. The van der Waals surface area contributed by atoms with Crippen LogP contribution in [0.3, 0.4) is 0 Å². The molecule has 0 aliphatic carbocycles. The van der Waals surface area contributed by atoms with Gasteiger partial charge in [-0.15, -0.1) is 0 Å². The van der Waals surface area contributed by atoms with Gasteiger partial charge < -0.3 is 19.2 Å². The number of H-pyrrole nitrogens is 1. The van der Waals surface area contributed by atoms with Crippen LogP contribution in [-0.2, 0) is 4.79 Å². The fourth-order valence-electron chi connectivity index (χ4n) is 2.95. The number of ether oxygens (including phenoxy) is 1. The van der Waals surface area contributed by atoms with E-state index in [4.69, 9.17) is 19.1 Å². The van der Waals surface area contributed by atoms with E-state index in [9.17, 15) is 13.2 Å². The number of nitrogens with zero attached hydrogens (tertiary/aromatic N) is 3. The number of aromatic nitrogens is 4. The molecule has 2 aromatic carbocycles. The summed E-state index contributed by atoms with van der Waals surface area (Å²) in [6, 6.07) is 15.6. The van der Waals surface area contributed by atoms with E-state index in [2.05, 4.69) is 19.9 Å². The van der Waals surface area contributed by atoms with Crippen molar-refractivity contribution in [1.29, 1.82) is 0 Å². The molecule has 33 heavy (non-hydrogen) atoms. The van der Waals surface area contributed by atoms with Crippen LogP contribution in [0.2, 0.25) is 0 Å². The Labute approximate surface area is 183 Å². The average Bonchev–Trinajstić information content (AvgIpc) is 3.42. The Balaban J connectivity index is 0.000000325. The first-order chi connectivity index (χ1) is 15.7. The number of aliphatic carboxylic acids is 1. The summed E-state index contributed by atoms with van der Waals surface area (Å²) in [5, 5.41) is 7.12. The lowest BCUT2D eigenvalue weighted by Gasteiger charge is -2.03. The van der Waals surface area contributed by atoms with Gasteiger partial charge in [-0.2, -0.15) is 13.2 Å². The van der Waals surface area contributed by atoms with Gasteiger partial charge >= 0.3 is 12.1 Å². The van der Waals surface area contributed by atoms with E-state index in [1.54, 1.807) is 19.5 Å². The van der Waals surface area contributed by atoms with Gasteiger partial charge in [-0.3, -0.25) is 4.98 Å². The second-order valence-electron chi connectivity index (χ2n) is 6.72. The van der Waals surface area contributed by atoms with Gasteiger partial charge in [0, 0.05) is 11.8 Å². The van der Waals surface area contributed by atoms with Crippen LogP contribution in [0.15, 0.2) is 65.3 Å². The molecule has 0 atom stereocenters. The molecule has 168 valence electrons. The van der Waals surface area contributed by atoms with Crippen molar-refractivity contribution >= 4 is 28.1 Å². The number of halogens is 3. The summed E-state index contributed by atoms with van der Waals surface area (Å²) in [6.45, 7) is 0. The van der Waals surface area contributed by atoms with Gasteiger partial charge in [0.1, 0.15) is 11.3 Å². The SMILES string of the molecule is COc1cncc(-c2ccc3nc(-c4nc5ccccc5[nH]4)oc3c2)c1.O=C(O)C(F)(F)F. The zero-order chi connectivity index (χ0) is 23.6. The number of carboxylic acids is 1. The Kier molecular flexibility index (Phi) is 5.69. The van der Waals surface area contributed by atoms with Crippen molar-refractivity contribution in [2.75, 3.05) is 7.11 Å². The number of fused-ring (bicyclic) bond motifs is 2. The van der Waals surface area contributed by atoms with Gasteiger partial charge in [-0.05, 0) is 35.9 Å². The third-order valence-corrected chi connectivity index (χ3v) is 4.51. The summed E-state index contributed by atoms with van der Waals surface area (Å²) in [6.07, 6.45) is -1.61. The van der Waals surface area contributed by atoms with Crippen molar-refractivity contribution in [2.24, 2.45) is 0 Å². The third-order valence-electron chi connectivity index (χ3n) is 4.51. The molecule has 2 N–H and O–H groups in total. The maximum absolute atomic E-state index is 10.6. The number of rotatable bonds is 3. The Morgan fingerprint density at radius 3 is 2.48 bits per heavy atom. The molecule has 5 rings (SSSR count). The number of para-hydroxylation sites is 2. The van der Waals surface area contributed by atoms with E-state index < -0.39 is 12.1 Å². The molecule has 0 saturated heterocycles. The van der Waals surface area contributed by atoms with Gasteiger partial charge in [0.25, 0.3) is 5.89 Å². The molecule has 3 heterocycles.